The minimum Gasteiger partial charge on any atom is -0.373 e. The smallest absolute Gasteiger partial charge is 0.257 e. The Labute approximate surface area is 216 Å². The molecule has 4 aromatic rings. The molecule has 0 aliphatic carbocycles. The van der Waals surface area contributed by atoms with Crippen LogP contribution >= 0.6 is 0 Å². The third-order valence-electron chi connectivity index (χ3n) is 5.97. The zero-order valence-electron chi connectivity index (χ0n) is 21.5. The van der Waals surface area contributed by atoms with E-state index in [1.165, 1.54) is 10.6 Å². The summed E-state index contributed by atoms with van der Waals surface area (Å²) in [7, 11) is 6.18. The summed E-state index contributed by atoms with van der Waals surface area (Å²) in [4.78, 5) is 38.4. The Balaban J connectivity index is 1.66. The molecular formula is C28H31N7O2. The van der Waals surface area contributed by atoms with Gasteiger partial charge in [-0.05, 0) is 75.1 Å². The van der Waals surface area contributed by atoms with E-state index in [0.717, 1.165) is 35.4 Å². The number of aromatic nitrogens is 3. The fraction of sp³-hybridized carbons (Fsp3) is 0.214. The highest BCUT2D eigenvalue weighted by atomic mass is 16.1. The number of likely N-dealkylation sites (N-methyl/N-ethyl adjacent to an activating group) is 2. The van der Waals surface area contributed by atoms with Crippen molar-refractivity contribution in [1.29, 1.82) is 0 Å². The van der Waals surface area contributed by atoms with Crippen LogP contribution in [0.25, 0.3) is 16.7 Å². The lowest BCUT2D eigenvalue weighted by Gasteiger charge is -2.21. The van der Waals surface area contributed by atoms with Gasteiger partial charge in [-0.2, -0.15) is 4.98 Å². The maximum absolute atomic E-state index is 13.1. The molecule has 0 saturated heterocycles. The Kier molecular flexibility index (Phi) is 7.64. The minimum absolute atomic E-state index is 0.230. The minimum atomic E-state index is -0.331. The Bertz CT molecular complexity index is 1490. The third kappa shape index (κ3) is 6.02. The van der Waals surface area contributed by atoms with E-state index in [1.807, 2.05) is 31.2 Å². The quantitative estimate of drug-likeness (QED) is 0.338. The first-order valence-corrected chi connectivity index (χ1v) is 11.9. The van der Waals surface area contributed by atoms with Crippen molar-refractivity contribution < 1.29 is 4.79 Å². The lowest BCUT2D eigenvalue weighted by atomic mass is 10.2. The summed E-state index contributed by atoms with van der Waals surface area (Å²) in [5.74, 6) is 0.0399. The fourth-order valence-corrected chi connectivity index (χ4v) is 3.89. The molecule has 190 valence electrons. The van der Waals surface area contributed by atoms with Crippen LogP contribution in [0.4, 0.5) is 23.0 Å². The van der Waals surface area contributed by atoms with Crippen LogP contribution in [0.2, 0.25) is 0 Å². The van der Waals surface area contributed by atoms with Crippen molar-refractivity contribution >= 4 is 40.0 Å². The average Bonchev–Trinajstić information content (AvgIpc) is 2.87. The zero-order valence-corrected chi connectivity index (χ0v) is 21.5. The lowest BCUT2D eigenvalue weighted by Crippen LogP contribution is -2.28. The van der Waals surface area contributed by atoms with E-state index in [4.69, 9.17) is 4.98 Å². The van der Waals surface area contributed by atoms with Crippen molar-refractivity contribution in [3.05, 3.63) is 89.4 Å². The number of rotatable bonds is 9. The molecule has 0 radical (unpaired) electrons. The lowest BCUT2D eigenvalue weighted by molar-refractivity contribution is -0.111. The van der Waals surface area contributed by atoms with Gasteiger partial charge in [-0.3, -0.25) is 14.2 Å². The molecule has 0 atom stereocenters. The zero-order chi connectivity index (χ0) is 26.5. The summed E-state index contributed by atoms with van der Waals surface area (Å²) in [6.07, 6.45) is 2.91. The molecular weight excluding hydrogens is 466 g/mol. The number of anilines is 4. The highest BCUT2D eigenvalue weighted by Gasteiger charge is 2.13. The first-order valence-electron chi connectivity index (χ1n) is 11.9. The molecule has 2 aromatic carbocycles. The number of amides is 1. The summed E-state index contributed by atoms with van der Waals surface area (Å²) in [6, 6.07) is 16.6. The number of hydrogen-bond acceptors (Lipinski definition) is 7. The summed E-state index contributed by atoms with van der Waals surface area (Å²) < 4.78 is 1.52. The van der Waals surface area contributed by atoms with Gasteiger partial charge in [0, 0.05) is 54.8 Å². The Morgan fingerprint density at radius 2 is 1.81 bits per heavy atom. The van der Waals surface area contributed by atoms with E-state index in [-0.39, 0.29) is 11.5 Å². The van der Waals surface area contributed by atoms with E-state index in [2.05, 4.69) is 53.1 Å². The maximum Gasteiger partial charge on any atom is 0.257 e. The molecule has 1 amide bonds. The van der Waals surface area contributed by atoms with Gasteiger partial charge in [-0.15, -0.1) is 0 Å². The van der Waals surface area contributed by atoms with Gasteiger partial charge in [-0.25, -0.2) is 4.98 Å². The molecule has 0 unspecified atom stereocenters. The van der Waals surface area contributed by atoms with Gasteiger partial charge in [0.15, 0.2) is 5.65 Å². The molecule has 9 nitrogen and oxygen atoms in total. The largest absolute Gasteiger partial charge is 0.373 e. The molecule has 2 N–H and O–H groups in total. The highest BCUT2D eigenvalue weighted by molar-refractivity contribution is 5.99. The van der Waals surface area contributed by atoms with Crippen LogP contribution in [0.3, 0.4) is 0 Å². The van der Waals surface area contributed by atoms with Crippen molar-refractivity contribution in [1.82, 2.24) is 19.4 Å². The number of aryl methyl sites for hydroxylation is 1. The molecule has 2 aromatic heterocycles. The topological polar surface area (TPSA) is 95.4 Å². The number of nitrogens with zero attached hydrogens (tertiary/aromatic N) is 5. The number of hydrogen-bond donors (Lipinski definition) is 2. The number of fused-ring (bicyclic) bond motifs is 1. The van der Waals surface area contributed by atoms with E-state index < -0.39 is 0 Å². The van der Waals surface area contributed by atoms with Crippen molar-refractivity contribution in [3.63, 3.8) is 0 Å². The number of carbonyl (C=O) groups excluding carboxylic acids is 1. The van der Waals surface area contributed by atoms with Crippen LogP contribution in [-0.4, -0.2) is 59.6 Å². The Morgan fingerprint density at radius 3 is 2.51 bits per heavy atom. The predicted molar refractivity (Wildman–Crippen MR) is 150 cm³/mol. The molecule has 0 aliphatic rings. The van der Waals surface area contributed by atoms with Crippen LogP contribution in [0.1, 0.15) is 5.56 Å². The highest BCUT2D eigenvalue weighted by Crippen LogP contribution is 2.23. The van der Waals surface area contributed by atoms with Crippen molar-refractivity contribution in [2.75, 3.05) is 49.8 Å². The number of nitrogens with one attached hydrogen (secondary N) is 2. The van der Waals surface area contributed by atoms with Crippen molar-refractivity contribution in [2.24, 2.45) is 0 Å². The van der Waals surface area contributed by atoms with Gasteiger partial charge in [0.25, 0.3) is 5.56 Å². The van der Waals surface area contributed by atoms with Gasteiger partial charge in [0.2, 0.25) is 11.9 Å². The molecule has 0 saturated carbocycles. The Morgan fingerprint density at radius 1 is 1.05 bits per heavy atom. The van der Waals surface area contributed by atoms with E-state index in [9.17, 15) is 9.59 Å². The van der Waals surface area contributed by atoms with Crippen LogP contribution < -0.4 is 21.1 Å². The maximum atomic E-state index is 13.1. The molecule has 0 fully saturated rings. The molecule has 9 heteroatoms. The fourth-order valence-electron chi connectivity index (χ4n) is 3.89. The van der Waals surface area contributed by atoms with Crippen molar-refractivity contribution in [2.45, 2.75) is 6.92 Å². The summed E-state index contributed by atoms with van der Waals surface area (Å²) in [6.45, 7) is 7.22. The summed E-state index contributed by atoms with van der Waals surface area (Å²) in [5, 5.41) is 6.72. The molecule has 0 spiro atoms. The average molecular weight is 498 g/mol. The second-order valence-electron chi connectivity index (χ2n) is 9.07. The number of carbonyl (C=O) groups is 1. The van der Waals surface area contributed by atoms with E-state index >= 15 is 0 Å². The van der Waals surface area contributed by atoms with Crippen LogP contribution in [-0.2, 0) is 4.79 Å². The first kappa shape index (κ1) is 25.6. The molecule has 0 aliphatic heterocycles. The molecule has 4 rings (SSSR count). The SMILES string of the molecule is C=CC(=O)Nc1cccc(-n2c(=O)cc(C)c3cnc(Nc4ccc(N(C)CCN(C)C)cc4)nc32)c1. The van der Waals surface area contributed by atoms with Crippen molar-refractivity contribution in [3.8, 4) is 5.69 Å². The van der Waals surface area contributed by atoms with Gasteiger partial charge < -0.3 is 20.4 Å². The number of benzene rings is 2. The molecule has 0 bridgehead atoms. The number of pyridine rings is 1. The van der Waals surface area contributed by atoms with E-state index in [1.54, 1.807) is 36.5 Å². The van der Waals surface area contributed by atoms with Gasteiger partial charge in [0.1, 0.15) is 0 Å². The third-order valence-corrected chi connectivity index (χ3v) is 5.97. The first-order chi connectivity index (χ1) is 17.7. The van der Waals surface area contributed by atoms with E-state index in [0.29, 0.717) is 23.0 Å². The van der Waals surface area contributed by atoms with Gasteiger partial charge >= 0.3 is 0 Å². The van der Waals surface area contributed by atoms with Crippen LogP contribution in [0.15, 0.2) is 78.2 Å². The van der Waals surface area contributed by atoms with Crippen LogP contribution in [0.5, 0.6) is 0 Å². The summed E-state index contributed by atoms with van der Waals surface area (Å²) in [5.41, 5.74) is 4.09. The van der Waals surface area contributed by atoms with Gasteiger partial charge in [0.05, 0.1) is 5.69 Å². The predicted octanol–water partition coefficient (Wildman–Crippen LogP) is 3.96. The monoisotopic (exact) mass is 497 g/mol. The normalized spacial score (nSPS) is 10.9. The van der Waals surface area contributed by atoms with Gasteiger partial charge in [-0.1, -0.05) is 12.6 Å². The Hall–Kier alpha value is -4.50. The van der Waals surface area contributed by atoms with Crippen LogP contribution in [0, 0.1) is 6.92 Å². The second-order valence-corrected chi connectivity index (χ2v) is 9.07. The summed E-state index contributed by atoms with van der Waals surface area (Å²) >= 11 is 0. The standard InChI is InChI=1S/C28H31N7O2/c1-6-25(36)30-21-8-7-9-23(17-21)35-26(37)16-19(2)24-18-29-28(32-27(24)35)31-20-10-12-22(13-11-20)34(5)15-14-33(3)4/h6-13,16-18H,1,14-15H2,2-5H3,(H,30,36)(H,29,31,32). The molecule has 2 heterocycles. The molecule has 37 heavy (non-hydrogen) atoms. The second kappa shape index (κ2) is 11.0.